The van der Waals surface area contributed by atoms with Crippen LogP contribution in [0.1, 0.15) is 24.4 Å². The summed E-state index contributed by atoms with van der Waals surface area (Å²) >= 11 is 11.2. The molecule has 19 heavy (non-hydrogen) atoms. The molecule has 0 aliphatic rings. The molecule has 0 unspecified atom stereocenters. The van der Waals surface area contributed by atoms with Gasteiger partial charge in [0.15, 0.2) is 0 Å². The zero-order valence-electron chi connectivity index (χ0n) is 10.8. The van der Waals surface area contributed by atoms with Crippen molar-refractivity contribution in [1.29, 1.82) is 0 Å². The second-order valence-corrected chi connectivity index (χ2v) is 7.07. The minimum Gasteiger partial charge on any atom is -0.356 e. The highest BCUT2D eigenvalue weighted by Crippen LogP contribution is 2.23. The number of benzene rings is 1. The molecule has 0 aliphatic heterocycles. The lowest BCUT2D eigenvalue weighted by Crippen LogP contribution is -1.99. The van der Waals surface area contributed by atoms with Gasteiger partial charge in [0.05, 0.1) is 0 Å². The molecule has 2 aromatic rings. The highest BCUT2D eigenvalue weighted by molar-refractivity contribution is 9.10. The highest BCUT2D eigenvalue weighted by Gasteiger charge is 2.07. The van der Waals surface area contributed by atoms with Gasteiger partial charge in [0.2, 0.25) is 5.13 Å². The summed E-state index contributed by atoms with van der Waals surface area (Å²) in [5, 5.41) is 14.2. The Labute approximate surface area is 130 Å². The summed E-state index contributed by atoms with van der Waals surface area (Å²) < 4.78 is 0.983. The van der Waals surface area contributed by atoms with Crippen LogP contribution < -0.4 is 5.32 Å². The van der Waals surface area contributed by atoms with Gasteiger partial charge < -0.3 is 5.32 Å². The zero-order valence-corrected chi connectivity index (χ0v) is 13.9. The van der Waals surface area contributed by atoms with E-state index in [0.29, 0.717) is 12.5 Å². The van der Waals surface area contributed by atoms with Gasteiger partial charge >= 0.3 is 0 Å². The first-order valence-corrected chi connectivity index (χ1v) is 8.03. The van der Waals surface area contributed by atoms with Crippen LogP contribution in [-0.4, -0.2) is 10.2 Å². The molecule has 0 bridgehead atoms. The van der Waals surface area contributed by atoms with Crippen molar-refractivity contribution in [3.63, 3.8) is 0 Å². The van der Waals surface area contributed by atoms with E-state index in [1.54, 1.807) is 11.3 Å². The van der Waals surface area contributed by atoms with Gasteiger partial charge in [0.1, 0.15) is 5.01 Å². The van der Waals surface area contributed by atoms with Crippen molar-refractivity contribution in [1.82, 2.24) is 10.2 Å². The van der Waals surface area contributed by atoms with E-state index in [1.807, 2.05) is 18.2 Å². The van der Waals surface area contributed by atoms with Gasteiger partial charge in [-0.3, -0.25) is 0 Å². The number of rotatable bonds is 5. The number of nitrogens with zero attached hydrogens (tertiary/aromatic N) is 2. The predicted molar refractivity (Wildman–Crippen MR) is 84.9 cm³/mol. The van der Waals surface area contributed by atoms with E-state index in [9.17, 15) is 0 Å². The van der Waals surface area contributed by atoms with E-state index < -0.39 is 0 Å². The van der Waals surface area contributed by atoms with Crippen LogP contribution in [0.3, 0.4) is 0 Å². The molecule has 1 N–H and O–H groups in total. The van der Waals surface area contributed by atoms with Crippen LogP contribution in [0.5, 0.6) is 0 Å². The molecule has 0 fully saturated rings. The first-order chi connectivity index (χ1) is 9.04. The molecule has 0 saturated carbocycles. The largest absolute Gasteiger partial charge is 0.356 e. The third-order valence-electron chi connectivity index (χ3n) is 2.49. The van der Waals surface area contributed by atoms with Gasteiger partial charge in [-0.1, -0.05) is 58.8 Å². The Hall–Kier alpha value is -0.650. The molecule has 102 valence electrons. The molecule has 0 aliphatic carbocycles. The van der Waals surface area contributed by atoms with E-state index >= 15 is 0 Å². The summed E-state index contributed by atoms with van der Waals surface area (Å²) in [7, 11) is 0. The van der Waals surface area contributed by atoms with Gasteiger partial charge in [-0.05, 0) is 23.6 Å². The topological polar surface area (TPSA) is 37.8 Å². The van der Waals surface area contributed by atoms with Crippen molar-refractivity contribution >= 4 is 44.0 Å². The minimum atomic E-state index is 0.599. The van der Waals surface area contributed by atoms with E-state index in [-0.39, 0.29) is 0 Å². The molecule has 1 aromatic carbocycles. The zero-order chi connectivity index (χ0) is 13.8. The Bertz CT molecular complexity index is 557. The van der Waals surface area contributed by atoms with Gasteiger partial charge in [-0.2, -0.15) is 0 Å². The fraction of sp³-hybridized carbons (Fsp3) is 0.385. The summed E-state index contributed by atoms with van der Waals surface area (Å²) in [6.07, 6.45) is 0.971. The third kappa shape index (κ3) is 4.44. The summed E-state index contributed by atoms with van der Waals surface area (Å²) in [5.41, 5.74) is 1.05. The highest BCUT2D eigenvalue weighted by atomic mass is 79.9. The van der Waals surface area contributed by atoms with Crippen LogP contribution in [0, 0.1) is 5.92 Å². The molecule has 2 rings (SSSR count). The second kappa shape index (κ2) is 6.68. The van der Waals surface area contributed by atoms with Crippen LogP contribution in [-0.2, 0) is 13.0 Å². The van der Waals surface area contributed by atoms with Crippen molar-refractivity contribution in [2.45, 2.75) is 26.8 Å². The lowest BCUT2D eigenvalue weighted by atomic mass is 10.1. The SMILES string of the molecule is CC(C)Cc1nnc(NCc2ccc(Br)cc2Cl)s1. The van der Waals surface area contributed by atoms with Crippen molar-refractivity contribution in [3.8, 4) is 0 Å². The fourth-order valence-electron chi connectivity index (χ4n) is 1.59. The Kier molecular flexibility index (Phi) is 5.19. The van der Waals surface area contributed by atoms with E-state index in [4.69, 9.17) is 11.6 Å². The third-order valence-corrected chi connectivity index (χ3v) is 4.24. The van der Waals surface area contributed by atoms with Gasteiger partial charge in [0, 0.05) is 22.5 Å². The second-order valence-electron chi connectivity index (χ2n) is 4.69. The van der Waals surface area contributed by atoms with Crippen molar-refractivity contribution in [2.24, 2.45) is 5.92 Å². The molecular weight excluding hydrogens is 346 g/mol. The number of hydrogen-bond acceptors (Lipinski definition) is 4. The maximum absolute atomic E-state index is 6.17. The van der Waals surface area contributed by atoms with Gasteiger partial charge in [-0.15, -0.1) is 10.2 Å². The minimum absolute atomic E-state index is 0.599. The Morgan fingerprint density at radius 3 is 2.84 bits per heavy atom. The van der Waals surface area contributed by atoms with Gasteiger partial charge in [-0.25, -0.2) is 0 Å². The summed E-state index contributed by atoms with van der Waals surface area (Å²) in [5.74, 6) is 0.599. The average molecular weight is 361 g/mol. The molecule has 1 heterocycles. The predicted octanol–water partition coefficient (Wildman–Crippen LogP) is 4.76. The molecule has 6 heteroatoms. The number of halogens is 2. The van der Waals surface area contributed by atoms with Crippen LogP contribution >= 0.6 is 38.9 Å². The maximum atomic E-state index is 6.17. The summed E-state index contributed by atoms with van der Waals surface area (Å²) in [6.45, 7) is 5.01. The van der Waals surface area contributed by atoms with Crippen LogP contribution in [0.2, 0.25) is 5.02 Å². The lowest BCUT2D eigenvalue weighted by molar-refractivity contribution is 0.640. The van der Waals surface area contributed by atoms with Crippen LogP contribution in [0.15, 0.2) is 22.7 Å². The van der Waals surface area contributed by atoms with Gasteiger partial charge in [0.25, 0.3) is 0 Å². The molecule has 0 radical (unpaired) electrons. The van der Waals surface area contributed by atoms with Crippen molar-refractivity contribution < 1.29 is 0 Å². The number of hydrogen-bond donors (Lipinski definition) is 1. The molecule has 0 atom stereocenters. The normalized spacial score (nSPS) is 11.0. The smallest absolute Gasteiger partial charge is 0.205 e. The van der Waals surface area contributed by atoms with E-state index in [2.05, 4.69) is 45.3 Å². The Morgan fingerprint density at radius 2 is 2.16 bits per heavy atom. The monoisotopic (exact) mass is 359 g/mol. The van der Waals surface area contributed by atoms with Crippen LogP contribution in [0.25, 0.3) is 0 Å². The quantitative estimate of drug-likeness (QED) is 0.835. The van der Waals surface area contributed by atoms with Crippen LogP contribution in [0.4, 0.5) is 5.13 Å². The lowest BCUT2D eigenvalue weighted by Gasteiger charge is -2.05. The summed E-state index contributed by atoms with van der Waals surface area (Å²) in [4.78, 5) is 0. The standard InChI is InChI=1S/C13H15BrClN3S/c1-8(2)5-12-17-18-13(19-12)16-7-9-3-4-10(14)6-11(9)15/h3-4,6,8H,5,7H2,1-2H3,(H,16,18). The molecule has 0 amide bonds. The Balaban J connectivity index is 1.96. The number of nitrogens with one attached hydrogen (secondary N) is 1. The number of aromatic nitrogens is 2. The molecule has 1 aromatic heterocycles. The average Bonchev–Trinajstić information content (AvgIpc) is 2.74. The molecular formula is C13H15BrClN3S. The fourth-order valence-corrected chi connectivity index (χ4v) is 3.28. The summed E-state index contributed by atoms with van der Waals surface area (Å²) in [6, 6.07) is 5.87. The number of anilines is 1. The van der Waals surface area contributed by atoms with E-state index in [0.717, 1.165) is 31.6 Å². The molecule has 0 saturated heterocycles. The maximum Gasteiger partial charge on any atom is 0.205 e. The first kappa shape index (κ1) is 14.8. The first-order valence-electron chi connectivity index (χ1n) is 6.05. The van der Waals surface area contributed by atoms with E-state index in [1.165, 1.54) is 0 Å². The van der Waals surface area contributed by atoms with Crippen molar-refractivity contribution in [3.05, 3.63) is 38.3 Å². The van der Waals surface area contributed by atoms with Crippen molar-refractivity contribution in [2.75, 3.05) is 5.32 Å². The molecule has 0 spiro atoms. The Morgan fingerprint density at radius 1 is 1.37 bits per heavy atom. The molecule has 3 nitrogen and oxygen atoms in total.